The van der Waals surface area contributed by atoms with Crippen molar-refractivity contribution >= 4 is 12.6 Å². The molecule has 2 rings (SSSR count). The maximum atomic E-state index is 10.9. The first-order valence-corrected chi connectivity index (χ1v) is 7.21. The molecule has 4 heteroatoms. The number of carbonyl (C=O) groups is 1. The SMILES string of the molecule is O=Cc1ccccc1OCCCCOc1ccccc1C=[OH+]. The summed E-state index contributed by atoms with van der Waals surface area (Å²) in [6, 6.07) is 14.5. The Hall–Kier alpha value is -2.62. The zero-order valence-corrected chi connectivity index (χ0v) is 12.3. The molecule has 4 nitrogen and oxygen atoms in total. The van der Waals surface area contributed by atoms with Crippen molar-refractivity contribution in [3.05, 3.63) is 59.7 Å². The Bertz CT molecular complexity index is 566. The third-order valence-corrected chi connectivity index (χ3v) is 3.16. The highest BCUT2D eigenvalue weighted by Crippen LogP contribution is 2.17. The van der Waals surface area contributed by atoms with Gasteiger partial charge in [0.25, 0.3) is 0 Å². The minimum atomic E-state index is 0.530. The molecule has 1 N–H and O–H groups in total. The van der Waals surface area contributed by atoms with Crippen LogP contribution in [0.1, 0.15) is 28.8 Å². The molecule has 22 heavy (non-hydrogen) atoms. The number of para-hydroxylation sites is 2. The fourth-order valence-corrected chi connectivity index (χ4v) is 2.00. The fourth-order valence-electron chi connectivity index (χ4n) is 2.00. The van der Waals surface area contributed by atoms with Gasteiger partial charge in [0.1, 0.15) is 17.1 Å². The first-order chi connectivity index (χ1) is 10.8. The molecule has 0 atom stereocenters. The van der Waals surface area contributed by atoms with Gasteiger partial charge in [0.2, 0.25) is 0 Å². The van der Waals surface area contributed by atoms with Crippen LogP contribution in [0.5, 0.6) is 11.5 Å². The molecule has 0 bridgehead atoms. The number of hydrogen-bond acceptors (Lipinski definition) is 3. The molecule has 0 unspecified atom stereocenters. The van der Waals surface area contributed by atoms with E-state index in [-0.39, 0.29) is 0 Å². The second kappa shape index (κ2) is 8.62. The van der Waals surface area contributed by atoms with Gasteiger partial charge in [-0.1, -0.05) is 24.3 Å². The van der Waals surface area contributed by atoms with Crippen molar-refractivity contribution in [1.82, 2.24) is 0 Å². The third-order valence-electron chi connectivity index (χ3n) is 3.16. The number of ether oxygens (including phenoxy) is 2. The first-order valence-electron chi connectivity index (χ1n) is 7.21. The Kier molecular flexibility index (Phi) is 6.18. The van der Waals surface area contributed by atoms with Crippen molar-refractivity contribution in [2.45, 2.75) is 12.8 Å². The fraction of sp³-hybridized carbons (Fsp3) is 0.222. The largest absolute Gasteiger partial charge is 0.493 e. The molecule has 0 fully saturated rings. The molecule has 0 radical (unpaired) electrons. The summed E-state index contributed by atoms with van der Waals surface area (Å²) in [6.07, 6.45) is 3.47. The van der Waals surface area contributed by atoms with E-state index in [1.54, 1.807) is 24.3 Å². The summed E-state index contributed by atoms with van der Waals surface area (Å²) in [5.74, 6) is 1.27. The van der Waals surface area contributed by atoms with Gasteiger partial charge in [-0.25, -0.2) is 0 Å². The van der Waals surface area contributed by atoms with E-state index in [4.69, 9.17) is 14.3 Å². The maximum absolute atomic E-state index is 10.9. The number of rotatable bonds is 9. The van der Waals surface area contributed by atoms with Gasteiger partial charge in [-0.3, -0.25) is 9.59 Å². The summed E-state index contributed by atoms with van der Waals surface area (Å²) in [5.41, 5.74) is 1.23. The minimum absolute atomic E-state index is 0.530. The Balaban J connectivity index is 1.69. The van der Waals surface area contributed by atoms with Crippen molar-refractivity contribution in [3.63, 3.8) is 0 Å². The summed E-state index contributed by atoms with van der Waals surface area (Å²) >= 11 is 0. The Morgan fingerprint density at radius 1 is 0.818 bits per heavy atom. The molecular weight excluding hydrogens is 280 g/mol. The highest BCUT2D eigenvalue weighted by atomic mass is 16.5. The van der Waals surface area contributed by atoms with E-state index in [0.29, 0.717) is 35.8 Å². The maximum Gasteiger partial charge on any atom is 0.316 e. The summed E-state index contributed by atoms with van der Waals surface area (Å²) in [4.78, 5) is 19.9. The van der Waals surface area contributed by atoms with Gasteiger partial charge >= 0.3 is 6.29 Å². The zero-order chi connectivity index (χ0) is 15.6. The Morgan fingerprint density at radius 2 is 1.32 bits per heavy atom. The van der Waals surface area contributed by atoms with Crippen molar-refractivity contribution in [2.75, 3.05) is 13.2 Å². The number of carbonyl (C=O) groups excluding carboxylic acids is 2. The lowest BCUT2D eigenvalue weighted by Crippen LogP contribution is -2.04. The topological polar surface area (TPSA) is 56.9 Å². The molecule has 0 saturated carbocycles. The van der Waals surface area contributed by atoms with Crippen molar-refractivity contribution < 1.29 is 19.1 Å². The minimum Gasteiger partial charge on any atom is -0.493 e. The monoisotopic (exact) mass is 299 g/mol. The lowest BCUT2D eigenvalue weighted by molar-refractivity contribution is 0.111. The van der Waals surface area contributed by atoms with Gasteiger partial charge in [-0.2, -0.15) is 0 Å². The Morgan fingerprint density at radius 3 is 1.86 bits per heavy atom. The number of benzene rings is 2. The third kappa shape index (κ3) is 4.45. The van der Waals surface area contributed by atoms with Crippen LogP contribution in [0.15, 0.2) is 48.5 Å². The molecular formula is C18H19O4+. The van der Waals surface area contributed by atoms with Gasteiger partial charge < -0.3 is 9.47 Å². The van der Waals surface area contributed by atoms with Gasteiger partial charge in [0.05, 0.1) is 18.8 Å². The molecule has 2 aromatic carbocycles. The molecule has 114 valence electrons. The number of hydrogen-bond donors (Lipinski definition) is 0. The molecule has 0 amide bonds. The predicted octanol–water partition coefficient (Wildman–Crippen LogP) is 3.26. The van der Waals surface area contributed by atoms with Crippen LogP contribution in [-0.2, 0) is 0 Å². The molecule has 0 aliphatic rings. The van der Waals surface area contributed by atoms with Crippen LogP contribution in [0.4, 0.5) is 0 Å². The molecule has 2 aromatic rings. The van der Waals surface area contributed by atoms with Crippen LogP contribution in [0.25, 0.3) is 0 Å². The van der Waals surface area contributed by atoms with Gasteiger partial charge in [0, 0.05) is 0 Å². The normalized spacial score (nSPS) is 10.0. The molecule has 0 aliphatic carbocycles. The van der Waals surface area contributed by atoms with Gasteiger partial charge in [0.15, 0.2) is 6.29 Å². The van der Waals surface area contributed by atoms with Crippen LogP contribution in [0.2, 0.25) is 0 Å². The average molecular weight is 299 g/mol. The van der Waals surface area contributed by atoms with E-state index in [9.17, 15) is 4.79 Å². The van der Waals surface area contributed by atoms with Crippen LogP contribution in [-0.4, -0.2) is 30.6 Å². The van der Waals surface area contributed by atoms with E-state index in [2.05, 4.69) is 0 Å². The summed E-state index contributed by atoms with van der Waals surface area (Å²) in [7, 11) is 0. The molecule has 0 aromatic heterocycles. The summed E-state index contributed by atoms with van der Waals surface area (Å²) in [6.45, 7) is 1.07. The van der Waals surface area contributed by atoms with E-state index in [1.165, 1.54) is 0 Å². The second-order valence-electron chi connectivity index (χ2n) is 4.73. The molecule has 0 heterocycles. The van der Waals surface area contributed by atoms with Crippen LogP contribution < -0.4 is 9.47 Å². The second-order valence-corrected chi connectivity index (χ2v) is 4.73. The quantitative estimate of drug-likeness (QED) is 0.406. The first kappa shape index (κ1) is 15.8. The van der Waals surface area contributed by atoms with Crippen LogP contribution in [0.3, 0.4) is 0 Å². The predicted molar refractivity (Wildman–Crippen MR) is 85.6 cm³/mol. The van der Waals surface area contributed by atoms with E-state index >= 15 is 0 Å². The highest BCUT2D eigenvalue weighted by molar-refractivity contribution is 5.79. The number of unbranched alkanes of at least 4 members (excludes halogenated alkanes) is 1. The molecule has 0 spiro atoms. The van der Waals surface area contributed by atoms with Gasteiger partial charge in [-0.05, 0) is 37.1 Å². The summed E-state index contributed by atoms with van der Waals surface area (Å²) in [5, 5.41) is 0. The summed E-state index contributed by atoms with van der Waals surface area (Å²) < 4.78 is 11.2. The van der Waals surface area contributed by atoms with Crippen molar-refractivity contribution in [2.24, 2.45) is 0 Å². The lowest BCUT2D eigenvalue weighted by Gasteiger charge is -2.09. The standard InChI is InChI=1S/C18H18O4/c19-13-15-7-1-3-9-17(15)21-11-5-6-12-22-18-10-4-2-8-16(18)14-20/h1-4,7-10,13-14H,5-6,11-12H2/p+1. The smallest absolute Gasteiger partial charge is 0.316 e. The molecule has 0 aliphatic heterocycles. The van der Waals surface area contributed by atoms with Crippen LogP contribution >= 0.6 is 0 Å². The molecule has 0 saturated heterocycles. The van der Waals surface area contributed by atoms with E-state index < -0.39 is 0 Å². The number of aldehydes is 2. The van der Waals surface area contributed by atoms with Crippen molar-refractivity contribution in [1.29, 1.82) is 0 Å². The van der Waals surface area contributed by atoms with Crippen molar-refractivity contribution in [3.8, 4) is 11.5 Å². The van der Waals surface area contributed by atoms with E-state index in [0.717, 1.165) is 25.4 Å². The van der Waals surface area contributed by atoms with Gasteiger partial charge in [-0.15, -0.1) is 0 Å². The Labute approximate surface area is 129 Å². The zero-order valence-electron chi connectivity index (χ0n) is 12.3. The lowest BCUT2D eigenvalue weighted by atomic mass is 10.2. The van der Waals surface area contributed by atoms with Crippen LogP contribution in [0, 0.1) is 0 Å². The average Bonchev–Trinajstić information content (AvgIpc) is 2.58. The van der Waals surface area contributed by atoms with E-state index in [1.807, 2.05) is 24.3 Å². The highest BCUT2D eigenvalue weighted by Gasteiger charge is 2.04.